The predicted molar refractivity (Wildman–Crippen MR) is 145 cm³/mol. The van der Waals surface area contributed by atoms with Crippen molar-refractivity contribution in [3.8, 4) is 17.2 Å². The van der Waals surface area contributed by atoms with E-state index in [1.165, 1.54) is 18.5 Å². The van der Waals surface area contributed by atoms with Gasteiger partial charge in [-0.3, -0.25) is 9.78 Å². The lowest BCUT2D eigenvalue weighted by atomic mass is 9.83. The third-order valence-corrected chi connectivity index (χ3v) is 6.73. The lowest BCUT2D eigenvalue weighted by molar-refractivity contribution is 0.0745. The minimum Gasteiger partial charge on any atom is -0.444 e. The second-order valence-corrected chi connectivity index (χ2v) is 10.5. The quantitative estimate of drug-likeness (QED) is 0.387. The Morgan fingerprint density at radius 2 is 2.05 bits per heavy atom. The Bertz CT molecular complexity index is 1440. The minimum atomic E-state index is -0.912. The van der Waals surface area contributed by atoms with E-state index < -0.39 is 35.6 Å². The highest BCUT2D eigenvalue weighted by molar-refractivity contribution is 6.28. The number of hydrogen-bond donors (Lipinski definition) is 3. The summed E-state index contributed by atoms with van der Waals surface area (Å²) in [6.45, 7) is 5.71. The van der Waals surface area contributed by atoms with Crippen molar-refractivity contribution in [1.29, 1.82) is 5.26 Å². The van der Waals surface area contributed by atoms with Crippen LogP contribution in [-0.2, 0) is 4.74 Å². The standard InChI is InChI=1S/C27H28ClN7O4/c1-27(2,3)23-22(39-26(30)38)11-17(14-36)35(23)21-10-15(18-13-31-8-6-16(18)12-29)4-5-19(21)33-24(37)20-7-9-32-25(28)34-20/h4-10,13,17,22-23,36H,11,14H2,1-3H3,(H2,30,38)(H,33,37)/t17-,22-,23?/m0/s1. The molecule has 1 aliphatic rings. The number of amides is 2. The Hall–Kier alpha value is -4.27. The Kier molecular flexibility index (Phi) is 7.99. The SMILES string of the molecule is CC(C)(C)C1[C@@H](OC(N)=O)C[C@@H](CO)N1c1cc(-c2cnccc2C#N)ccc1NC(=O)c1ccnc(Cl)n1. The molecule has 4 N–H and O–H groups in total. The zero-order valence-corrected chi connectivity index (χ0v) is 22.4. The number of hydrogen-bond acceptors (Lipinski definition) is 9. The maximum atomic E-state index is 13.2. The van der Waals surface area contributed by atoms with E-state index in [0.717, 1.165) is 0 Å². The molecular weight excluding hydrogens is 522 g/mol. The maximum absolute atomic E-state index is 13.2. The van der Waals surface area contributed by atoms with Crippen LogP contribution in [0.4, 0.5) is 16.2 Å². The molecule has 0 radical (unpaired) electrons. The first-order valence-corrected chi connectivity index (χ1v) is 12.5. The molecule has 4 rings (SSSR count). The van der Waals surface area contributed by atoms with Gasteiger partial charge in [0.1, 0.15) is 11.8 Å². The molecule has 3 heterocycles. The molecule has 1 aromatic carbocycles. The molecule has 3 atom stereocenters. The summed E-state index contributed by atoms with van der Waals surface area (Å²) in [7, 11) is 0. The molecule has 202 valence electrons. The molecule has 0 aliphatic carbocycles. The summed E-state index contributed by atoms with van der Waals surface area (Å²) in [6, 6.07) is 9.61. The largest absolute Gasteiger partial charge is 0.444 e. The molecule has 1 aliphatic heterocycles. The van der Waals surface area contributed by atoms with E-state index in [1.807, 2.05) is 31.7 Å². The minimum absolute atomic E-state index is 0.0616. The van der Waals surface area contributed by atoms with Gasteiger partial charge in [-0.25, -0.2) is 14.8 Å². The van der Waals surface area contributed by atoms with Crippen LogP contribution in [0.5, 0.6) is 0 Å². The molecule has 3 aromatic rings. The van der Waals surface area contributed by atoms with Gasteiger partial charge in [0.25, 0.3) is 5.91 Å². The Morgan fingerprint density at radius 3 is 2.69 bits per heavy atom. The number of carbonyl (C=O) groups excluding carboxylic acids is 2. The molecule has 1 unspecified atom stereocenters. The van der Waals surface area contributed by atoms with Gasteiger partial charge in [-0.05, 0) is 46.8 Å². The molecule has 39 heavy (non-hydrogen) atoms. The van der Waals surface area contributed by atoms with Crippen molar-refractivity contribution in [3.63, 3.8) is 0 Å². The van der Waals surface area contributed by atoms with Crippen molar-refractivity contribution >= 4 is 35.0 Å². The number of aromatic nitrogens is 3. The number of nitrogens with zero attached hydrogens (tertiary/aromatic N) is 5. The monoisotopic (exact) mass is 549 g/mol. The fraction of sp³-hybridized carbons (Fsp3) is 0.333. The molecule has 12 heteroatoms. The van der Waals surface area contributed by atoms with Crippen molar-refractivity contribution in [3.05, 3.63) is 65.5 Å². The number of primary amides is 1. The Labute approximate surface area is 230 Å². The first kappa shape index (κ1) is 27.8. The highest BCUT2D eigenvalue weighted by Crippen LogP contribution is 2.45. The third kappa shape index (κ3) is 5.92. The second-order valence-electron chi connectivity index (χ2n) is 10.2. The van der Waals surface area contributed by atoms with Gasteiger partial charge < -0.3 is 25.8 Å². The summed E-state index contributed by atoms with van der Waals surface area (Å²) in [5, 5.41) is 22.9. The number of aliphatic hydroxyl groups excluding tert-OH is 1. The predicted octanol–water partition coefficient (Wildman–Crippen LogP) is 3.77. The average molecular weight is 550 g/mol. The van der Waals surface area contributed by atoms with Crippen LogP contribution in [0.15, 0.2) is 48.9 Å². The number of pyridine rings is 1. The molecule has 0 spiro atoms. The topological polar surface area (TPSA) is 167 Å². The molecule has 0 bridgehead atoms. The molecule has 1 saturated heterocycles. The van der Waals surface area contributed by atoms with Crippen LogP contribution < -0.4 is 16.0 Å². The zero-order chi connectivity index (χ0) is 28.3. The van der Waals surface area contributed by atoms with Gasteiger partial charge in [-0.2, -0.15) is 5.26 Å². The third-order valence-electron chi connectivity index (χ3n) is 6.55. The van der Waals surface area contributed by atoms with Crippen molar-refractivity contribution in [1.82, 2.24) is 15.0 Å². The summed E-state index contributed by atoms with van der Waals surface area (Å²) in [5.74, 6) is -0.524. The molecule has 1 fully saturated rings. The van der Waals surface area contributed by atoms with Crippen LogP contribution >= 0.6 is 11.6 Å². The lowest BCUT2D eigenvalue weighted by Gasteiger charge is -2.41. The van der Waals surface area contributed by atoms with Gasteiger partial charge in [0, 0.05) is 30.6 Å². The number of nitrogens with one attached hydrogen (secondary N) is 1. The van der Waals surface area contributed by atoms with Gasteiger partial charge >= 0.3 is 6.09 Å². The lowest BCUT2D eigenvalue weighted by Crippen LogP contribution is -2.49. The molecule has 2 aromatic heterocycles. The maximum Gasteiger partial charge on any atom is 0.404 e. The highest BCUT2D eigenvalue weighted by Gasteiger charge is 2.49. The highest BCUT2D eigenvalue weighted by atomic mass is 35.5. The number of carbonyl (C=O) groups is 2. The normalized spacial score (nSPS) is 18.9. The van der Waals surface area contributed by atoms with Gasteiger partial charge in [0.15, 0.2) is 0 Å². The molecule has 11 nitrogen and oxygen atoms in total. The number of ether oxygens (including phenoxy) is 1. The smallest absolute Gasteiger partial charge is 0.404 e. The fourth-order valence-electron chi connectivity index (χ4n) is 5.05. The van der Waals surface area contributed by atoms with E-state index in [2.05, 4.69) is 26.3 Å². The average Bonchev–Trinajstić information content (AvgIpc) is 3.26. The van der Waals surface area contributed by atoms with E-state index in [-0.39, 0.29) is 17.6 Å². The number of nitriles is 1. The number of nitrogens with two attached hydrogens (primary N) is 1. The number of rotatable bonds is 6. The number of anilines is 2. The van der Waals surface area contributed by atoms with E-state index >= 15 is 0 Å². The Balaban J connectivity index is 1.89. The molecular formula is C27H28ClN7O4. The van der Waals surface area contributed by atoms with Crippen LogP contribution in [-0.4, -0.2) is 56.9 Å². The molecule has 0 saturated carbocycles. The molecule has 2 amide bonds. The van der Waals surface area contributed by atoms with Crippen molar-refractivity contribution in [2.75, 3.05) is 16.8 Å². The van der Waals surface area contributed by atoms with Gasteiger partial charge in [0.05, 0.1) is 41.7 Å². The van der Waals surface area contributed by atoms with Crippen molar-refractivity contribution in [2.24, 2.45) is 11.1 Å². The number of aliphatic hydroxyl groups is 1. The van der Waals surface area contributed by atoms with Gasteiger partial charge in [-0.1, -0.05) is 26.8 Å². The zero-order valence-electron chi connectivity index (χ0n) is 21.6. The van der Waals surface area contributed by atoms with E-state index in [4.69, 9.17) is 22.1 Å². The first-order chi connectivity index (χ1) is 18.5. The number of halogens is 1. The van der Waals surface area contributed by atoms with Crippen LogP contribution in [0, 0.1) is 16.7 Å². The van der Waals surface area contributed by atoms with Crippen LogP contribution in [0.1, 0.15) is 43.2 Å². The van der Waals surface area contributed by atoms with Gasteiger partial charge in [0.2, 0.25) is 5.28 Å². The van der Waals surface area contributed by atoms with Crippen LogP contribution in [0.3, 0.4) is 0 Å². The van der Waals surface area contributed by atoms with Crippen LogP contribution in [0.2, 0.25) is 5.28 Å². The summed E-state index contributed by atoms with van der Waals surface area (Å²) in [4.78, 5) is 38.9. The number of benzene rings is 1. The van der Waals surface area contributed by atoms with Crippen molar-refractivity contribution in [2.45, 2.75) is 45.4 Å². The van der Waals surface area contributed by atoms with Crippen molar-refractivity contribution < 1.29 is 19.4 Å². The van der Waals surface area contributed by atoms with E-state index in [0.29, 0.717) is 34.5 Å². The van der Waals surface area contributed by atoms with E-state index in [1.54, 1.807) is 24.4 Å². The van der Waals surface area contributed by atoms with Crippen LogP contribution in [0.25, 0.3) is 11.1 Å². The summed E-state index contributed by atoms with van der Waals surface area (Å²) in [5.41, 5.74) is 7.65. The summed E-state index contributed by atoms with van der Waals surface area (Å²) < 4.78 is 5.50. The Morgan fingerprint density at radius 1 is 1.28 bits per heavy atom. The summed E-state index contributed by atoms with van der Waals surface area (Å²) in [6.07, 6.45) is 3.28. The fourth-order valence-corrected chi connectivity index (χ4v) is 5.20. The second kappa shape index (κ2) is 11.2. The summed E-state index contributed by atoms with van der Waals surface area (Å²) >= 11 is 5.89. The first-order valence-electron chi connectivity index (χ1n) is 12.2. The van der Waals surface area contributed by atoms with E-state index in [9.17, 15) is 20.0 Å². The van der Waals surface area contributed by atoms with Gasteiger partial charge in [-0.15, -0.1) is 0 Å².